The third kappa shape index (κ3) is 2.37. The van der Waals surface area contributed by atoms with E-state index in [-0.39, 0.29) is 17.8 Å². The molecular formula is C16H15FN4OS. The van der Waals surface area contributed by atoms with Crippen molar-refractivity contribution in [2.24, 2.45) is 0 Å². The van der Waals surface area contributed by atoms with Gasteiger partial charge in [0.2, 0.25) is 0 Å². The summed E-state index contributed by atoms with van der Waals surface area (Å²) < 4.78 is 13.3. The number of fused-ring (bicyclic) bond motifs is 1. The Morgan fingerprint density at radius 1 is 1.43 bits per heavy atom. The molecule has 0 aliphatic carbocycles. The quantitative estimate of drug-likeness (QED) is 0.757. The molecule has 3 heterocycles. The molecule has 0 bridgehead atoms. The van der Waals surface area contributed by atoms with Crippen molar-refractivity contribution in [2.75, 3.05) is 12.3 Å². The van der Waals surface area contributed by atoms with Gasteiger partial charge in [-0.1, -0.05) is 0 Å². The number of aromatic nitrogens is 2. The first-order valence-corrected chi connectivity index (χ1v) is 8.30. The van der Waals surface area contributed by atoms with Gasteiger partial charge >= 0.3 is 0 Å². The highest BCUT2D eigenvalue weighted by molar-refractivity contribution is 7.12. The van der Waals surface area contributed by atoms with E-state index in [1.165, 1.54) is 23.5 Å². The lowest BCUT2D eigenvalue weighted by Crippen LogP contribution is -2.31. The van der Waals surface area contributed by atoms with E-state index in [0.29, 0.717) is 34.0 Å². The van der Waals surface area contributed by atoms with Gasteiger partial charge in [0.05, 0.1) is 22.8 Å². The number of likely N-dealkylation sites (tertiary alicyclic amines) is 1. The van der Waals surface area contributed by atoms with Gasteiger partial charge in [0.15, 0.2) is 0 Å². The molecule has 1 aliphatic heterocycles. The largest absolute Gasteiger partial charge is 0.397 e. The minimum absolute atomic E-state index is 0.0633. The maximum atomic E-state index is 13.3. The number of rotatable bonds is 2. The Hall–Kier alpha value is -2.41. The minimum atomic E-state index is -0.307. The van der Waals surface area contributed by atoms with Crippen molar-refractivity contribution in [2.45, 2.75) is 18.9 Å². The highest BCUT2D eigenvalue weighted by Crippen LogP contribution is 2.34. The van der Waals surface area contributed by atoms with Crippen LogP contribution in [0.25, 0.3) is 11.0 Å². The number of nitrogen functional groups attached to an aromatic ring is 1. The van der Waals surface area contributed by atoms with Gasteiger partial charge in [0.1, 0.15) is 16.5 Å². The first-order valence-electron chi connectivity index (χ1n) is 7.42. The summed E-state index contributed by atoms with van der Waals surface area (Å²) in [5, 5.41) is 1.82. The van der Waals surface area contributed by atoms with Crippen LogP contribution in [0.4, 0.5) is 10.1 Å². The van der Waals surface area contributed by atoms with Crippen LogP contribution in [0.5, 0.6) is 0 Å². The fraction of sp³-hybridized carbons (Fsp3) is 0.250. The van der Waals surface area contributed by atoms with Crippen molar-refractivity contribution in [3.05, 3.63) is 46.2 Å². The zero-order valence-electron chi connectivity index (χ0n) is 12.3. The molecule has 0 spiro atoms. The number of nitrogens with two attached hydrogens (primary N) is 1. The van der Waals surface area contributed by atoms with E-state index in [1.54, 1.807) is 17.0 Å². The van der Waals surface area contributed by atoms with Crippen LogP contribution in [0.15, 0.2) is 29.6 Å². The second kappa shape index (κ2) is 5.34. The molecule has 0 saturated carbocycles. The number of carbonyl (C=O) groups is 1. The fourth-order valence-corrected chi connectivity index (χ4v) is 3.85. The Morgan fingerprint density at radius 2 is 2.30 bits per heavy atom. The second-order valence-electron chi connectivity index (χ2n) is 5.65. The molecule has 1 saturated heterocycles. The van der Waals surface area contributed by atoms with Crippen molar-refractivity contribution in [1.82, 2.24) is 14.9 Å². The SMILES string of the molecule is Nc1ccsc1C(=O)N1CCC[C@@H]1c1nc2ccc(F)cc2[nH]1. The molecular weight excluding hydrogens is 315 g/mol. The number of hydrogen-bond acceptors (Lipinski definition) is 4. The van der Waals surface area contributed by atoms with E-state index in [4.69, 9.17) is 5.73 Å². The standard InChI is InChI=1S/C16H15FN4OS/c17-9-3-4-11-12(8-9)20-15(19-11)13-2-1-6-21(13)16(22)14-10(18)5-7-23-14/h3-5,7-8,13H,1-2,6,18H2,(H,19,20)/t13-/m1/s1. The molecule has 1 atom stereocenters. The van der Waals surface area contributed by atoms with Gasteiger partial charge in [0.25, 0.3) is 5.91 Å². The summed E-state index contributed by atoms with van der Waals surface area (Å²) >= 11 is 1.35. The van der Waals surface area contributed by atoms with Gasteiger partial charge in [-0.15, -0.1) is 11.3 Å². The number of carbonyl (C=O) groups excluding carboxylic acids is 1. The molecule has 23 heavy (non-hydrogen) atoms. The maximum absolute atomic E-state index is 13.3. The highest BCUT2D eigenvalue weighted by atomic mass is 32.1. The van der Waals surface area contributed by atoms with Gasteiger partial charge < -0.3 is 15.6 Å². The Kier molecular flexibility index (Phi) is 3.30. The van der Waals surface area contributed by atoms with Gasteiger partial charge in [-0.2, -0.15) is 0 Å². The molecule has 4 rings (SSSR count). The lowest BCUT2D eigenvalue weighted by Gasteiger charge is -2.22. The normalized spacial score (nSPS) is 18.0. The van der Waals surface area contributed by atoms with Crippen LogP contribution >= 0.6 is 11.3 Å². The summed E-state index contributed by atoms with van der Waals surface area (Å²) in [7, 11) is 0. The predicted octanol–water partition coefficient (Wildman–Crippen LogP) is 3.32. The van der Waals surface area contributed by atoms with E-state index in [9.17, 15) is 9.18 Å². The van der Waals surface area contributed by atoms with Crippen molar-refractivity contribution in [1.29, 1.82) is 0 Å². The summed E-state index contributed by atoms with van der Waals surface area (Å²) in [6.07, 6.45) is 1.74. The number of aromatic amines is 1. The van der Waals surface area contributed by atoms with E-state index >= 15 is 0 Å². The van der Waals surface area contributed by atoms with Crippen LogP contribution < -0.4 is 5.73 Å². The zero-order valence-corrected chi connectivity index (χ0v) is 13.1. The van der Waals surface area contributed by atoms with Crippen LogP contribution in [-0.2, 0) is 0 Å². The molecule has 1 fully saturated rings. The first-order chi connectivity index (χ1) is 11.1. The van der Waals surface area contributed by atoms with Gasteiger partial charge in [-0.25, -0.2) is 9.37 Å². The third-order valence-corrected chi connectivity index (χ3v) is 5.10. The van der Waals surface area contributed by atoms with Gasteiger partial charge in [-0.3, -0.25) is 4.79 Å². The molecule has 3 N–H and O–H groups in total. The summed E-state index contributed by atoms with van der Waals surface area (Å²) in [4.78, 5) is 22.8. The molecule has 3 aromatic rings. The smallest absolute Gasteiger partial charge is 0.266 e. The van der Waals surface area contributed by atoms with E-state index in [2.05, 4.69) is 9.97 Å². The minimum Gasteiger partial charge on any atom is -0.397 e. The molecule has 0 unspecified atom stereocenters. The van der Waals surface area contributed by atoms with E-state index < -0.39 is 0 Å². The summed E-state index contributed by atoms with van der Waals surface area (Å²) in [6.45, 7) is 0.673. The number of imidazole rings is 1. The molecule has 2 aromatic heterocycles. The number of halogens is 1. The number of hydrogen-bond donors (Lipinski definition) is 2. The monoisotopic (exact) mass is 330 g/mol. The number of nitrogens with zero attached hydrogens (tertiary/aromatic N) is 2. The number of H-pyrrole nitrogens is 1. The first kappa shape index (κ1) is 14.2. The summed E-state index contributed by atoms with van der Waals surface area (Å²) in [5.41, 5.74) is 7.73. The molecule has 7 heteroatoms. The zero-order chi connectivity index (χ0) is 16.0. The van der Waals surface area contributed by atoms with Crippen molar-refractivity contribution >= 4 is 34.0 Å². The third-order valence-electron chi connectivity index (χ3n) is 4.18. The summed E-state index contributed by atoms with van der Waals surface area (Å²) in [6, 6.07) is 6.07. The summed E-state index contributed by atoms with van der Waals surface area (Å²) in [5.74, 6) is 0.330. The Balaban J connectivity index is 1.69. The Labute approximate surface area is 135 Å². The number of nitrogens with one attached hydrogen (secondary N) is 1. The van der Waals surface area contributed by atoms with Crippen LogP contribution in [0, 0.1) is 5.82 Å². The topological polar surface area (TPSA) is 75.0 Å². The maximum Gasteiger partial charge on any atom is 0.266 e. The van der Waals surface area contributed by atoms with Gasteiger partial charge in [0, 0.05) is 6.54 Å². The Bertz CT molecular complexity index is 887. The molecule has 1 amide bonds. The molecule has 0 radical (unpaired) electrons. The van der Waals surface area contributed by atoms with Crippen LogP contribution in [-0.4, -0.2) is 27.3 Å². The molecule has 118 valence electrons. The Morgan fingerprint density at radius 3 is 3.09 bits per heavy atom. The lowest BCUT2D eigenvalue weighted by molar-refractivity contribution is 0.0736. The highest BCUT2D eigenvalue weighted by Gasteiger charge is 2.33. The van der Waals surface area contributed by atoms with Crippen molar-refractivity contribution in [3.63, 3.8) is 0 Å². The lowest BCUT2D eigenvalue weighted by atomic mass is 10.2. The average Bonchev–Trinajstić information content (AvgIpc) is 3.23. The van der Waals surface area contributed by atoms with Gasteiger partial charge in [-0.05, 0) is 42.5 Å². The number of thiophene rings is 1. The van der Waals surface area contributed by atoms with E-state index in [1.807, 2.05) is 5.38 Å². The molecule has 1 aromatic carbocycles. The number of benzene rings is 1. The number of amides is 1. The van der Waals surface area contributed by atoms with Crippen LogP contribution in [0.1, 0.15) is 34.4 Å². The average molecular weight is 330 g/mol. The van der Waals surface area contributed by atoms with Crippen LogP contribution in [0.3, 0.4) is 0 Å². The van der Waals surface area contributed by atoms with E-state index in [0.717, 1.165) is 12.8 Å². The van der Waals surface area contributed by atoms with Crippen molar-refractivity contribution in [3.8, 4) is 0 Å². The predicted molar refractivity (Wildman–Crippen MR) is 87.8 cm³/mol. The number of anilines is 1. The second-order valence-corrected chi connectivity index (χ2v) is 6.56. The fourth-order valence-electron chi connectivity index (χ4n) is 3.08. The molecule has 5 nitrogen and oxygen atoms in total. The van der Waals surface area contributed by atoms with Crippen molar-refractivity contribution < 1.29 is 9.18 Å². The van der Waals surface area contributed by atoms with Crippen LogP contribution in [0.2, 0.25) is 0 Å². The molecule has 1 aliphatic rings.